The summed E-state index contributed by atoms with van der Waals surface area (Å²) in [5.41, 5.74) is 0.963. The van der Waals surface area contributed by atoms with Crippen LogP contribution in [0.1, 0.15) is 157 Å². The van der Waals surface area contributed by atoms with Gasteiger partial charge in [-0.05, 0) is 126 Å². The predicted octanol–water partition coefficient (Wildman–Crippen LogP) is 7.89. The van der Waals surface area contributed by atoms with Crippen LogP contribution in [-0.2, 0) is 30.4 Å². The molecule has 0 radical (unpaired) electrons. The summed E-state index contributed by atoms with van der Waals surface area (Å²) < 4.78 is 13.1. The van der Waals surface area contributed by atoms with Crippen molar-refractivity contribution < 1.29 is 28.4 Å². The highest BCUT2D eigenvalue weighted by molar-refractivity contribution is 5.80. The Bertz CT molecular complexity index is 1190. The van der Waals surface area contributed by atoms with E-state index in [2.05, 4.69) is 21.3 Å². The van der Waals surface area contributed by atoms with Gasteiger partial charge in [-0.25, -0.2) is 4.39 Å². The van der Waals surface area contributed by atoms with Gasteiger partial charge >= 0.3 is 0 Å². The van der Waals surface area contributed by atoms with E-state index in [4.69, 9.17) is 0 Å². The molecule has 2 rings (SSSR count). The van der Waals surface area contributed by atoms with Crippen molar-refractivity contribution in [3.63, 3.8) is 0 Å². The van der Waals surface area contributed by atoms with E-state index < -0.39 is 0 Å². The Balaban J connectivity index is -0.000000193. The first kappa shape index (κ1) is 57.8. The molecule has 5 amide bonds. The van der Waals surface area contributed by atoms with Gasteiger partial charge in [-0.2, -0.15) is 0 Å². The van der Waals surface area contributed by atoms with Crippen molar-refractivity contribution in [2.75, 3.05) is 13.1 Å². The second-order valence-corrected chi connectivity index (χ2v) is 16.7. The van der Waals surface area contributed by atoms with Crippen LogP contribution in [0.2, 0.25) is 0 Å². The van der Waals surface area contributed by atoms with E-state index in [0.717, 1.165) is 18.4 Å². The van der Waals surface area contributed by atoms with Crippen LogP contribution in [0.15, 0.2) is 18.2 Å². The van der Waals surface area contributed by atoms with Crippen molar-refractivity contribution >= 4 is 29.5 Å². The second kappa shape index (κ2) is 25.5. The summed E-state index contributed by atoms with van der Waals surface area (Å²) in [6.07, 6.45) is 2.34. The van der Waals surface area contributed by atoms with Gasteiger partial charge in [0.25, 0.3) is 0 Å². The standard InChI is InChI=1S/C13H18FNO.C12H22N2O2.C7H15NO.C6H13NO.3CH4/c1-9-5-10(7-11(14)6-9)8-12(16)15-13(2,3)4;1-9(15)14-7-5-10(6-8-14)11(16)13-12(2,3)4;1-5-6(9)8-7(2,3)4;1-5(8)7-6(2,3)4;;;/h5-7H,8H2,1-4H3,(H,15,16);10H,5-8H2,1-4H3,(H,13,16);5H2,1-4H3,(H,8,9);1-4H3,(H,7,8);3*1H4. The minimum Gasteiger partial charge on any atom is -0.352 e. The van der Waals surface area contributed by atoms with Crippen molar-refractivity contribution in [2.45, 2.75) is 181 Å². The number of benzene rings is 1. The molecule has 0 spiro atoms. The SMILES string of the molecule is C.C.C.CC(=O)N1CCC(C(=O)NC(C)(C)C)CC1.CC(=O)NC(C)(C)C.CCC(=O)NC(C)(C)C.Cc1cc(F)cc(CC(=O)NC(C)(C)C)c1. The number of nitrogens with one attached hydrogen (secondary N) is 4. The Morgan fingerprint density at radius 2 is 1.08 bits per heavy atom. The smallest absolute Gasteiger partial charge is 0.224 e. The molecule has 1 fully saturated rings. The average molecular weight is 742 g/mol. The third-order valence-corrected chi connectivity index (χ3v) is 6.18. The van der Waals surface area contributed by atoms with E-state index >= 15 is 0 Å². The van der Waals surface area contributed by atoms with Gasteiger partial charge in [0.1, 0.15) is 5.82 Å². The Labute approximate surface area is 318 Å². The topological polar surface area (TPSA) is 137 Å². The predicted molar refractivity (Wildman–Crippen MR) is 218 cm³/mol. The summed E-state index contributed by atoms with van der Waals surface area (Å²) in [5, 5.41) is 11.4. The van der Waals surface area contributed by atoms with Crippen LogP contribution in [0.25, 0.3) is 0 Å². The number of amides is 5. The number of nitrogens with zero attached hydrogens (tertiary/aromatic N) is 1. The van der Waals surface area contributed by atoms with Crippen LogP contribution in [0, 0.1) is 18.7 Å². The van der Waals surface area contributed by atoms with E-state index in [-0.39, 0.29) is 92.1 Å². The lowest BCUT2D eigenvalue weighted by Gasteiger charge is -2.32. The maximum absolute atomic E-state index is 13.1. The van der Waals surface area contributed by atoms with Crippen molar-refractivity contribution in [1.82, 2.24) is 26.2 Å². The number of carbonyl (C=O) groups is 5. The summed E-state index contributed by atoms with van der Waals surface area (Å²) in [5.74, 6) is 0.0521. The Morgan fingerprint density at radius 1 is 0.673 bits per heavy atom. The molecule has 0 aromatic heterocycles. The van der Waals surface area contributed by atoms with Crippen LogP contribution in [-0.4, -0.2) is 69.7 Å². The van der Waals surface area contributed by atoms with Gasteiger partial charge in [-0.1, -0.05) is 35.3 Å². The molecular formula is C41H80FN5O5. The molecule has 52 heavy (non-hydrogen) atoms. The molecule has 10 nitrogen and oxygen atoms in total. The molecule has 1 heterocycles. The van der Waals surface area contributed by atoms with Crippen LogP contribution >= 0.6 is 0 Å². The Morgan fingerprint density at radius 3 is 1.37 bits per heavy atom. The fourth-order valence-electron chi connectivity index (χ4n) is 4.52. The number of carbonyl (C=O) groups excluding carboxylic acids is 5. The van der Waals surface area contributed by atoms with Gasteiger partial charge in [0, 0.05) is 61.4 Å². The molecular weight excluding hydrogens is 661 g/mol. The van der Waals surface area contributed by atoms with Gasteiger partial charge in [0.05, 0.1) is 6.42 Å². The largest absolute Gasteiger partial charge is 0.352 e. The molecule has 1 aromatic carbocycles. The summed E-state index contributed by atoms with van der Waals surface area (Å²) in [4.78, 5) is 57.5. The average Bonchev–Trinajstić information content (AvgIpc) is 2.84. The molecule has 1 aromatic rings. The summed E-state index contributed by atoms with van der Waals surface area (Å²) in [6, 6.07) is 4.67. The molecule has 0 atom stereocenters. The Kier molecular flexibility index (Phi) is 28.3. The van der Waals surface area contributed by atoms with E-state index in [1.165, 1.54) is 19.1 Å². The number of likely N-dealkylation sites (tertiary alicyclic amines) is 1. The van der Waals surface area contributed by atoms with E-state index in [1.54, 1.807) is 11.8 Å². The third-order valence-electron chi connectivity index (χ3n) is 6.18. The molecule has 0 saturated carbocycles. The van der Waals surface area contributed by atoms with E-state index in [9.17, 15) is 28.4 Å². The molecule has 1 aliphatic heterocycles. The van der Waals surface area contributed by atoms with Gasteiger partial charge in [-0.3, -0.25) is 24.0 Å². The summed E-state index contributed by atoms with van der Waals surface area (Å²) in [6.45, 7) is 31.6. The lowest BCUT2D eigenvalue weighted by Crippen LogP contribution is -2.47. The monoisotopic (exact) mass is 742 g/mol. The van der Waals surface area contributed by atoms with Gasteiger partial charge < -0.3 is 26.2 Å². The first-order valence-corrected chi connectivity index (χ1v) is 17.2. The zero-order valence-corrected chi connectivity index (χ0v) is 33.4. The molecule has 11 heteroatoms. The molecule has 1 saturated heterocycles. The molecule has 0 unspecified atom stereocenters. The first-order valence-electron chi connectivity index (χ1n) is 17.2. The second-order valence-electron chi connectivity index (χ2n) is 16.7. The minimum atomic E-state index is -0.293. The Hall–Kier alpha value is -3.50. The first-order chi connectivity index (χ1) is 21.9. The summed E-state index contributed by atoms with van der Waals surface area (Å²) >= 11 is 0. The van der Waals surface area contributed by atoms with Gasteiger partial charge in [0.15, 0.2) is 0 Å². The van der Waals surface area contributed by atoms with Crippen molar-refractivity contribution in [3.8, 4) is 0 Å². The molecule has 4 N–H and O–H groups in total. The number of hydrogen-bond donors (Lipinski definition) is 4. The molecule has 306 valence electrons. The van der Waals surface area contributed by atoms with Crippen molar-refractivity contribution in [3.05, 3.63) is 35.1 Å². The van der Waals surface area contributed by atoms with E-state index in [1.807, 2.05) is 103 Å². The lowest BCUT2D eigenvalue weighted by molar-refractivity contribution is -0.134. The fraction of sp³-hybridized carbons (Fsp3) is 0.732. The van der Waals surface area contributed by atoms with Crippen molar-refractivity contribution in [1.29, 1.82) is 0 Å². The van der Waals surface area contributed by atoms with Gasteiger partial charge in [0.2, 0.25) is 29.5 Å². The number of aryl methyl sites for hydroxylation is 1. The zero-order chi connectivity index (χ0) is 39.0. The maximum Gasteiger partial charge on any atom is 0.224 e. The summed E-state index contributed by atoms with van der Waals surface area (Å²) in [7, 11) is 0. The normalized spacial score (nSPS) is 12.8. The van der Waals surface area contributed by atoms with Gasteiger partial charge in [-0.15, -0.1) is 0 Å². The highest BCUT2D eigenvalue weighted by Gasteiger charge is 2.28. The highest BCUT2D eigenvalue weighted by atomic mass is 19.1. The number of halogens is 1. The van der Waals surface area contributed by atoms with E-state index in [0.29, 0.717) is 25.1 Å². The molecule has 0 bridgehead atoms. The fourth-order valence-corrected chi connectivity index (χ4v) is 4.52. The highest BCUT2D eigenvalue weighted by Crippen LogP contribution is 2.18. The minimum absolute atomic E-state index is 0. The van der Waals surface area contributed by atoms with Crippen LogP contribution in [0.3, 0.4) is 0 Å². The van der Waals surface area contributed by atoms with Crippen LogP contribution in [0.4, 0.5) is 4.39 Å². The number of hydrogen-bond acceptors (Lipinski definition) is 5. The van der Waals surface area contributed by atoms with Crippen molar-refractivity contribution in [2.24, 2.45) is 5.92 Å². The number of rotatable bonds is 4. The third kappa shape index (κ3) is 34.9. The maximum atomic E-state index is 13.1. The number of piperidine rings is 1. The molecule has 0 aliphatic carbocycles. The zero-order valence-electron chi connectivity index (χ0n) is 33.4. The molecule has 1 aliphatic rings. The quantitative estimate of drug-likeness (QED) is 0.249. The van der Waals surface area contributed by atoms with Crippen LogP contribution in [0.5, 0.6) is 0 Å². The van der Waals surface area contributed by atoms with Crippen LogP contribution < -0.4 is 21.3 Å². The lowest BCUT2D eigenvalue weighted by atomic mass is 9.94.